The minimum atomic E-state index is -3.63. The topological polar surface area (TPSA) is 57.7 Å². The Morgan fingerprint density at radius 1 is 1.09 bits per heavy atom. The highest BCUT2D eigenvalue weighted by molar-refractivity contribution is 7.89. The van der Waals surface area contributed by atoms with Crippen molar-refractivity contribution in [3.05, 3.63) is 29.3 Å². The third-order valence-electron chi connectivity index (χ3n) is 3.94. The lowest BCUT2D eigenvalue weighted by Crippen LogP contribution is -2.57. The molecule has 0 saturated carbocycles. The van der Waals surface area contributed by atoms with E-state index in [1.54, 1.807) is 24.0 Å². The number of carbonyl (C=O) groups is 1. The van der Waals surface area contributed by atoms with E-state index in [4.69, 9.17) is 0 Å². The van der Waals surface area contributed by atoms with Crippen LogP contribution in [0.5, 0.6) is 0 Å². The average molecular weight is 324 g/mol. The molecule has 22 heavy (non-hydrogen) atoms. The zero-order chi connectivity index (χ0) is 16.7. The number of carbonyl (C=O) groups excluding carboxylic acids is 1. The molecule has 1 heterocycles. The van der Waals surface area contributed by atoms with Gasteiger partial charge in [-0.1, -0.05) is 17.7 Å². The first-order chi connectivity index (χ1) is 10.0. The highest BCUT2D eigenvalue weighted by Crippen LogP contribution is 2.24. The van der Waals surface area contributed by atoms with Gasteiger partial charge in [0.2, 0.25) is 15.9 Å². The summed E-state index contributed by atoms with van der Waals surface area (Å²) in [6.45, 7) is 10.2. The largest absolute Gasteiger partial charge is 0.335 e. The summed E-state index contributed by atoms with van der Waals surface area (Å²) in [7, 11) is -3.63. The van der Waals surface area contributed by atoms with Gasteiger partial charge in [0.05, 0.1) is 11.4 Å². The second kappa shape index (κ2) is 5.66. The van der Waals surface area contributed by atoms with Crippen molar-refractivity contribution >= 4 is 15.9 Å². The number of piperazine rings is 1. The molecule has 0 aromatic heterocycles. The standard InChI is InChI=1S/C16H24N2O3S/c1-12-6-7-14(13(2)10-12)22(20,21)17-8-9-18(15(19)11-17)16(3,4)5/h6-7,10H,8-9,11H2,1-5H3. The summed E-state index contributed by atoms with van der Waals surface area (Å²) in [5.41, 5.74) is 1.45. The molecule has 0 spiro atoms. The van der Waals surface area contributed by atoms with Crippen LogP contribution in [0.15, 0.2) is 23.1 Å². The maximum Gasteiger partial charge on any atom is 0.243 e. The number of hydrogen-bond acceptors (Lipinski definition) is 3. The van der Waals surface area contributed by atoms with Gasteiger partial charge in [0.15, 0.2) is 0 Å². The molecular formula is C16H24N2O3S. The molecule has 1 fully saturated rings. The summed E-state index contributed by atoms with van der Waals surface area (Å²) in [5.74, 6) is -0.146. The van der Waals surface area contributed by atoms with E-state index in [9.17, 15) is 13.2 Å². The molecule has 5 nitrogen and oxygen atoms in total. The second-order valence-electron chi connectivity index (χ2n) is 6.82. The molecule has 0 radical (unpaired) electrons. The van der Waals surface area contributed by atoms with Gasteiger partial charge in [0.25, 0.3) is 0 Å². The van der Waals surface area contributed by atoms with E-state index in [-0.39, 0.29) is 22.9 Å². The minimum absolute atomic E-state index is 0.0904. The number of hydrogen-bond donors (Lipinski definition) is 0. The maximum atomic E-state index is 12.8. The first kappa shape index (κ1) is 17.0. The summed E-state index contributed by atoms with van der Waals surface area (Å²) in [5, 5.41) is 0. The number of sulfonamides is 1. The summed E-state index contributed by atoms with van der Waals surface area (Å²) >= 11 is 0. The number of nitrogens with zero attached hydrogens (tertiary/aromatic N) is 2. The van der Waals surface area contributed by atoms with Gasteiger partial charge in [-0.25, -0.2) is 8.42 Å². The van der Waals surface area contributed by atoms with Gasteiger partial charge in [0, 0.05) is 18.6 Å². The number of benzene rings is 1. The van der Waals surface area contributed by atoms with E-state index in [0.717, 1.165) is 5.56 Å². The van der Waals surface area contributed by atoms with Crippen LogP contribution in [0, 0.1) is 13.8 Å². The molecule has 2 rings (SSSR count). The Labute approximate surface area is 133 Å². The van der Waals surface area contributed by atoms with E-state index in [0.29, 0.717) is 18.7 Å². The van der Waals surface area contributed by atoms with Crippen LogP contribution < -0.4 is 0 Å². The van der Waals surface area contributed by atoms with Gasteiger partial charge >= 0.3 is 0 Å². The fourth-order valence-electron chi connectivity index (χ4n) is 2.79. The lowest BCUT2D eigenvalue weighted by atomic mass is 10.1. The monoisotopic (exact) mass is 324 g/mol. The smallest absolute Gasteiger partial charge is 0.243 e. The van der Waals surface area contributed by atoms with Crippen LogP contribution in [-0.2, 0) is 14.8 Å². The number of amides is 1. The van der Waals surface area contributed by atoms with Crippen molar-refractivity contribution in [3.8, 4) is 0 Å². The van der Waals surface area contributed by atoms with Crippen LogP contribution in [0.2, 0.25) is 0 Å². The molecule has 1 amide bonds. The van der Waals surface area contributed by atoms with Crippen molar-refractivity contribution in [2.45, 2.75) is 45.1 Å². The molecule has 1 aliphatic heterocycles. The maximum absolute atomic E-state index is 12.8. The number of aryl methyl sites for hydroxylation is 2. The SMILES string of the molecule is Cc1ccc(S(=O)(=O)N2CCN(C(C)(C)C)C(=O)C2)c(C)c1. The Morgan fingerprint density at radius 2 is 1.73 bits per heavy atom. The lowest BCUT2D eigenvalue weighted by Gasteiger charge is -2.41. The summed E-state index contributed by atoms with van der Waals surface area (Å²) in [4.78, 5) is 14.3. The van der Waals surface area contributed by atoms with Crippen LogP contribution in [0.3, 0.4) is 0 Å². The second-order valence-corrected chi connectivity index (χ2v) is 8.73. The van der Waals surface area contributed by atoms with Crippen molar-refractivity contribution in [1.82, 2.24) is 9.21 Å². The molecule has 0 aliphatic carbocycles. The molecule has 122 valence electrons. The Bertz CT molecular complexity index is 690. The predicted octanol–water partition coefficient (Wildman–Crippen LogP) is 1.93. The Kier molecular flexibility index (Phi) is 4.37. The highest BCUT2D eigenvalue weighted by Gasteiger charge is 2.37. The van der Waals surface area contributed by atoms with Gasteiger partial charge in [-0.2, -0.15) is 4.31 Å². The van der Waals surface area contributed by atoms with Gasteiger partial charge < -0.3 is 4.90 Å². The van der Waals surface area contributed by atoms with Gasteiger partial charge in [-0.05, 0) is 46.2 Å². The van der Waals surface area contributed by atoms with Gasteiger partial charge in [-0.15, -0.1) is 0 Å². The molecule has 6 heteroatoms. The van der Waals surface area contributed by atoms with Crippen LogP contribution >= 0.6 is 0 Å². The third kappa shape index (κ3) is 3.17. The summed E-state index contributed by atoms with van der Waals surface area (Å²) in [6, 6.07) is 5.26. The van der Waals surface area contributed by atoms with Crippen molar-refractivity contribution in [2.24, 2.45) is 0 Å². The molecule has 0 bridgehead atoms. The zero-order valence-electron chi connectivity index (χ0n) is 13.9. The molecular weight excluding hydrogens is 300 g/mol. The molecule has 1 aromatic carbocycles. The predicted molar refractivity (Wildman–Crippen MR) is 86.1 cm³/mol. The van der Waals surface area contributed by atoms with Crippen molar-refractivity contribution in [3.63, 3.8) is 0 Å². The van der Waals surface area contributed by atoms with Crippen LogP contribution in [0.1, 0.15) is 31.9 Å². The van der Waals surface area contributed by atoms with Crippen molar-refractivity contribution < 1.29 is 13.2 Å². The van der Waals surface area contributed by atoms with Crippen LogP contribution in [-0.4, -0.2) is 48.7 Å². The molecule has 0 unspecified atom stereocenters. The molecule has 0 N–H and O–H groups in total. The Morgan fingerprint density at radius 3 is 2.23 bits per heavy atom. The minimum Gasteiger partial charge on any atom is -0.335 e. The van der Waals surface area contributed by atoms with Gasteiger partial charge in [0.1, 0.15) is 0 Å². The van der Waals surface area contributed by atoms with Gasteiger partial charge in [-0.3, -0.25) is 4.79 Å². The third-order valence-corrected chi connectivity index (χ3v) is 5.95. The molecule has 1 aliphatic rings. The summed E-state index contributed by atoms with van der Waals surface area (Å²) in [6.07, 6.45) is 0. The molecule has 1 aromatic rings. The Balaban J connectivity index is 2.28. The average Bonchev–Trinajstić information content (AvgIpc) is 2.36. The van der Waals surface area contributed by atoms with Crippen LogP contribution in [0.25, 0.3) is 0 Å². The molecule has 0 atom stereocenters. The van der Waals surface area contributed by atoms with E-state index in [2.05, 4.69) is 0 Å². The lowest BCUT2D eigenvalue weighted by molar-refractivity contribution is -0.139. The van der Waals surface area contributed by atoms with E-state index in [1.807, 2.05) is 33.8 Å². The first-order valence-corrected chi connectivity index (χ1v) is 8.85. The normalized spacial score (nSPS) is 17.9. The van der Waals surface area contributed by atoms with Crippen molar-refractivity contribution in [1.29, 1.82) is 0 Å². The van der Waals surface area contributed by atoms with E-state index >= 15 is 0 Å². The first-order valence-electron chi connectivity index (χ1n) is 7.41. The fourth-order valence-corrected chi connectivity index (χ4v) is 4.38. The highest BCUT2D eigenvalue weighted by atomic mass is 32.2. The zero-order valence-corrected chi connectivity index (χ0v) is 14.7. The van der Waals surface area contributed by atoms with E-state index < -0.39 is 10.0 Å². The summed E-state index contributed by atoms with van der Waals surface area (Å²) < 4.78 is 26.8. The quantitative estimate of drug-likeness (QED) is 0.835. The van der Waals surface area contributed by atoms with E-state index in [1.165, 1.54) is 4.31 Å². The molecule has 1 saturated heterocycles. The number of rotatable bonds is 2. The Hall–Kier alpha value is -1.40. The van der Waals surface area contributed by atoms with Crippen LogP contribution in [0.4, 0.5) is 0 Å². The fraction of sp³-hybridized carbons (Fsp3) is 0.562. The van der Waals surface area contributed by atoms with Crippen molar-refractivity contribution in [2.75, 3.05) is 19.6 Å².